The number of hydrogen-bond acceptors (Lipinski definition) is 4. The minimum absolute atomic E-state index is 0.234. The van der Waals surface area contributed by atoms with Crippen molar-refractivity contribution in [2.24, 2.45) is 0 Å². The first-order valence-corrected chi connectivity index (χ1v) is 7.17. The van der Waals surface area contributed by atoms with E-state index >= 15 is 0 Å². The zero-order chi connectivity index (χ0) is 15.9. The first kappa shape index (κ1) is 14.7. The number of benzene rings is 2. The van der Waals surface area contributed by atoms with E-state index in [9.17, 15) is 4.79 Å². The van der Waals surface area contributed by atoms with Gasteiger partial charge in [-0.2, -0.15) is 0 Å². The van der Waals surface area contributed by atoms with Crippen LogP contribution >= 0.6 is 0 Å². The first-order chi connectivity index (χ1) is 11.3. The van der Waals surface area contributed by atoms with Crippen LogP contribution in [0.3, 0.4) is 0 Å². The van der Waals surface area contributed by atoms with Gasteiger partial charge in [0.15, 0.2) is 0 Å². The molecule has 0 radical (unpaired) electrons. The zero-order valence-electron chi connectivity index (χ0n) is 12.3. The van der Waals surface area contributed by atoms with Crippen LogP contribution in [0.15, 0.2) is 73.2 Å². The molecule has 0 spiro atoms. The maximum absolute atomic E-state index is 12.0. The van der Waals surface area contributed by atoms with E-state index in [1.54, 1.807) is 6.07 Å². The number of para-hydroxylation sites is 1. The van der Waals surface area contributed by atoms with Gasteiger partial charge in [-0.3, -0.25) is 4.79 Å². The first-order valence-electron chi connectivity index (χ1n) is 7.17. The standard InChI is InChI=1S/C18H15N3O2/c22-18(17-9-10-19-13-21-17)20-12-14-5-4-8-16(11-14)23-15-6-2-1-3-7-15/h1-11,13H,12H2,(H,20,22). The van der Waals surface area contributed by atoms with Crippen molar-refractivity contribution in [3.63, 3.8) is 0 Å². The molecule has 0 unspecified atom stereocenters. The quantitative estimate of drug-likeness (QED) is 0.786. The van der Waals surface area contributed by atoms with Gasteiger partial charge in [0.2, 0.25) is 0 Å². The summed E-state index contributed by atoms with van der Waals surface area (Å²) in [4.78, 5) is 19.7. The van der Waals surface area contributed by atoms with Gasteiger partial charge < -0.3 is 10.1 Å². The highest BCUT2D eigenvalue weighted by Crippen LogP contribution is 2.21. The van der Waals surface area contributed by atoms with Gasteiger partial charge in [-0.05, 0) is 35.9 Å². The molecule has 5 heteroatoms. The van der Waals surface area contributed by atoms with E-state index in [2.05, 4.69) is 15.3 Å². The smallest absolute Gasteiger partial charge is 0.270 e. The number of carbonyl (C=O) groups excluding carboxylic acids is 1. The number of nitrogens with one attached hydrogen (secondary N) is 1. The molecule has 1 N–H and O–H groups in total. The van der Waals surface area contributed by atoms with Crippen LogP contribution < -0.4 is 10.1 Å². The Labute approximate surface area is 134 Å². The zero-order valence-corrected chi connectivity index (χ0v) is 12.3. The normalized spacial score (nSPS) is 10.1. The van der Waals surface area contributed by atoms with Gasteiger partial charge in [-0.25, -0.2) is 9.97 Å². The second-order valence-electron chi connectivity index (χ2n) is 4.84. The summed E-state index contributed by atoms with van der Waals surface area (Å²) in [5.41, 5.74) is 1.29. The predicted molar refractivity (Wildman–Crippen MR) is 86.2 cm³/mol. The van der Waals surface area contributed by atoms with E-state index in [0.29, 0.717) is 12.2 Å². The molecule has 0 aliphatic carbocycles. The van der Waals surface area contributed by atoms with Gasteiger partial charge in [0.05, 0.1) is 0 Å². The van der Waals surface area contributed by atoms with Crippen LogP contribution in [0, 0.1) is 0 Å². The summed E-state index contributed by atoms with van der Waals surface area (Å²) >= 11 is 0. The highest BCUT2D eigenvalue weighted by atomic mass is 16.5. The number of ether oxygens (including phenoxy) is 1. The van der Waals surface area contributed by atoms with Crippen LogP contribution in [0.5, 0.6) is 11.5 Å². The molecule has 3 aromatic rings. The van der Waals surface area contributed by atoms with E-state index in [1.807, 2.05) is 54.6 Å². The molecule has 0 atom stereocenters. The molecular formula is C18H15N3O2. The van der Waals surface area contributed by atoms with Gasteiger partial charge in [0, 0.05) is 12.7 Å². The molecule has 0 saturated carbocycles. The SMILES string of the molecule is O=C(NCc1cccc(Oc2ccccc2)c1)c1ccncn1. The Morgan fingerprint density at radius 1 is 1.00 bits per heavy atom. The second-order valence-corrected chi connectivity index (χ2v) is 4.84. The molecule has 0 aliphatic heterocycles. The molecule has 0 bridgehead atoms. The highest BCUT2D eigenvalue weighted by Gasteiger charge is 2.06. The molecule has 5 nitrogen and oxygen atoms in total. The molecule has 1 aromatic heterocycles. The molecule has 1 amide bonds. The van der Waals surface area contributed by atoms with Crippen molar-refractivity contribution >= 4 is 5.91 Å². The maximum Gasteiger partial charge on any atom is 0.270 e. The van der Waals surface area contributed by atoms with Crippen molar-refractivity contribution in [1.82, 2.24) is 15.3 Å². The molecule has 0 saturated heterocycles. The Morgan fingerprint density at radius 3 is 2.61 bits per heavy atom. The Bertz CT molecular complexity index is 777. The van der Waals surface area contributed by atoms with Crippen LogP contribution in [0.1, 0.15) is 16.1 Å². The van der Waals surface area contributed by atoms with Gasteiger partial charge >= 0.3 is 0 Å². The maximum atomic E-state index is 12.0. The van der Waals surface area contributed by atoms with Crippen molar-refractivity contribution in [1.29, 1.82) is 0 Å². The summed E-state index contributed by atoms with van der Waals surface area (Å²) < 4.78 is 5.78. The summed E-state index contributed by atoms with van der Waals surface area (Å²) in [5, 5.41) is 2.82. The summed E-state index contributed by atoms with van der Waals surface area (Å²) in [5.74, 6) is 1.27. The largest absolute Gasteiger partial charge is 0.457 e. The molecular weight excluding hydrogens is 290 g/mol. The van der Waals surface area contributed by atoms with Crippen LogP contribution in [0.4, 0.5) is 0 Å². The van der Waals surface area contributed by atoms with Crippen molar-refractivity contribution in [3.8, 4) is 11.5 Å². The summed E-state index contributed by atoms with van der Waals surface area (Å²) in [6, 6.07) is 18.7. The number of hydrogen-bond donors (Lipinski definition) is 1. The third-order valence-corrected chi connectivity index (χ3v) is 3.15. The molecule has 0 aliphatic rings. The molecule has 1 heterocycles. The van der Waals surface area contributed by atoms with Gasteiger partial charge in [-0.1, -0.05) is 30.3 Å². The fourth-order valence-corrected chi connectivity index (χ4v) is 2.04. The number of aromatic nitrogens is 2. The fraction of sp³-hybridized carbons (Fsp3) is 0.0556. The van der Waals surface area contributed by atoms with Gasteiger partial charge in [0.25, 0.3) is 5.91 Å². The third-order valence-electron chi connectivity index (χ3n) is 3.15. The van der Waals surface area contributed by atoms with Crippen LogP contribution in [0.2, 0.25) is 0 Å². The lowest BCUT2D eigenvalue weighted by molar-refractivity contribution is 0.0945. The van der Waals surface area contributed by atoms with Gasteiger partial charge in [0.1, 0.15) is 23.5 Å². The number of rotatable bonds is 5. The lowest BCUT2D eigenvalue weighted by atomic mass is 10.2. The topological polar surface area (TPSA) is 64.1 Å². The Kier molecular flexibility index (Phi) is 4.59. The van der Waals surface area contributed by atoms with Crippen molar-refractivity contribution in [2.75, 3.05) is 0 Å². The molecule has 0 fully saturated rings. The van der Waals surface area contributed by atoms with E-state index in [0.717, 1.165) is 17.1 Å². The van der Waals surface area contributed by atoms with E-state index in [4.69, 9.17) is 4.74 Å². The number of nitrogens with zero attached hydrogens (tertiary/aromatic N) is 2. The summed E-state index contributed by atoms with van der Waals surface area (Å²) in [7, 11) is 0. The van der Waals surface area contributed by atoms with E-state index in [-0.39, 0.29) is 5.91 Å². The van der Waals surface area contributed by atoms with Crippen LogP contribution in [-0.4, -0.2) is 15.9 Å². The van der Waals surface area contributed by atoms with E-state index < -0.39 is 0 Å². The third kappa shape index (κ3) is 4.14. The van der Waals surface area contributed by atoms with E-state index in [1.165, 1.54) is 12.5 Å². The average molecular weight is 305 g/mol. The lowest BCUT2D eigenvalue weighted by Gasteiger charge is -2.08. The van der Waals surface area contributed by atoms with Crippen molar-refractivity contribution in [3.05, 3.63) is 84.4 Å². The molecule has 3 rings (SSSR count). The number of carbonyl (C=O) groups is 1. The Balaban J connectivity index is 1.63. The van der Waals surface area contributed by atoms with Gasteiger partial charge in [-0.15, -0.1) is 0 Å². The monoisotopic (exact) mass is 305 g/mol. The fourth-order valence-electron chi connectivity index (χ4n) is 2.04. The van der Waals surface area contributed by atoms with Crippen molar-refractivity contribution < 1.29 is 9.53 Å². The summed E-state index contributed by atoms with van der Waals surface area (Å²) in [6.45, 7) is 0.398. The summed E-state index contributed by atoms with van der Waals surface area (Å²) in [6.07, 6.45) is 2.89. The van der Waals surface area contributed by atoms with Crippen molar-refractivity contribution in [2.45, 2.75) is 6.54 Å². The molecule has 2 aromatic carbocycles. The Morgan fingerprint density at radius 2 is 1.83 bits per heavy atom. The minimum Gasteiger partial charge on any atom is -0.457 e. The number of amides is 1. The lowest BCUT2D eigenvalue weighted by Crippen LogP contribution is -2.23. The predicted octanol–water partition coefficient (Wildman–Crippen LogP) is 3.20. The Hall–Kier alpha value is -3.21. The second kappa shape index (κ2) is 7.17. The molecule has 23 heavy (non-hydrogen) atoms. The van der Waals surface area contributed by atoms with Crippen LogP contribution in [0.25, 0.3) is 0 Å². The van der Waals surface area contributed by atoms with Crippen LogP contribution in [-0.2, 0) is 6.54 Å². The minimum atomic E-state index is -0.234. The molecule has 114 valence electrons. The highest BCUT2D eigenvalue weighted by molar-refractivity contribution is 5.91. The average Bonchev–Trinajstić information content (AvgIpc) is 2.62.